The molecule has 0 bridgehead atoms. The van der Waals surface area contributed by atoms with Gasteiger partial charge in [-0.3, -0.25) is 10.8 Å². The Balaban J connectivity index is 2.06. The number of nitrogens with two attached hydrogens (primary N) is 1. The third kappa shape index (κ3) is 3.37. The summed E-state index contributed by atoms with van der Waals surface area (Å²) in [6.45, 7) is 0.211. The van der Waals surface area contributed by atoms with Gasteiger partial charge >= 0.3 is 0 Å². The monoisotopic (exact) mass is 277 g/mol. The second-order valence-corrected chi connectivity index (χ2v) is 5.93. The van der Waals surface area contributed by atoms with Crippen LogP contribution in [0.1, 0.15) is 5.56 Å². The maximum atomic E-state index is 12.1. The van der Waals surface area contributed by atoms with Crippen LogP contribution in [0.3, 0.4) is 0 Å². The van der Waals surface area contributed by atoms with Crippen LogP contribution in [0.25, 0.3) is 0 Å². The van der Waals surface area contributed by atoms with Gasteiger partial charge in [-0.1, -0.05) is 24.3 Å². The second-order valence-electron chi connectivity index (χ2n) is 4.04. The van der Waals surface area contributed by atoms with Crippen LogP contribution in [0, 0.1) is 0 Å². The fourth-order valence-corrected chi connectivity index (χ4v) is 2.74. The summed E-state index contributed by atoms with van der Waals surface area (Å²) < 4.78 is 25.1. The minimum absolute atomic E-state index is 0.198. The molecule has 1 aromatic heterocycles. The highest BCUT2D eigenvalue weighted by Gasteiger charge is 2.20. The van der Waals surface area contributed by atoms with Gasteiger partial charge < -0.3 is 0 Å². The molecule has 0 radical (unpaired) electrons. The molecule has 1 heterocycles. The fourth-order valence-electron chi connectivity index (χ4n) is 1.63. The summed E-state index contributed by atoms with van der Waals surface area (Å²) in [5.74, 6) is 5.66. The highest BCUT2D eigenvalue weighted by Crippen LogP contribution is 2.12. The highest BCUT2D eigenvalue weighted by atomic mass is 32.2. The largest absolute Gasteiger partial charge is 0.264 e. The van der Waals surface area contributed by atoms with Gasteiger partial charge in [-0.05, 0) is 30.2 Å². The van der Waals surface area contributed by atoms with Crippen molar-refractivity contribution in [1.29, 1.82) is 0 Å². The van der Waals surface area contributed by atoms with E-state index < -0.39 is 10.0 Å². The standard InChI is InChI=1S/C13H15N3O2S/c14-16(10-8-12-5-4-9-15-11-12)19(17,18)13-6-2-1-3-7-13/h1-7,9,11H,8,10,14H2. The Morgan fingerprint density at radius 2 is 1.84 bits per heavy atom. The summed E-state index contributed by atoms with van der Waals surface area (Å²) in [6.07, 6.45) is 3.89. The Kier molecular flexibility index (Phi) is 4.26. The van der Waals surface area contributed by atoms with Gasteiger partial charge in [-0.15, -0.1) is 4.41 Å². The Hall–Kier alpha value is -1.76. The minimum Gasteiger partial charge on any atom is -0.264 e. The van der Waals surface area contributed by atoms with Crippen LogP contribution in [0.15, 0.2) is 59.8 Å². The van der Waals surface area contributed by atoms with Gasteiger partial charge in [0.05, 0.1) is 4.90 Å². The molecule has 0 unspecified atom stereocenters. The minimum atomic E-state index is -3.62. The van der Waals surface area contributed by atoms with E-state index in [0.29, 0.717) is 6.42 Å². The first-order valence-electron chi connectivity index (χ1n) is 5.82. The van der Waals surface area contributed by atoms with Gasteiger partial charge in [0, 0.05) is 18.9 Å². The van der Waals surface area contributed by atoms with Crippen LogP contribution >= 0.6 is 0 Å². The van der Waals surface area contributed by atoms with Gasteiger partial charge in [-0.2, -0.15) is 0 Å². The summed E-state index contributed by atoms with van der Waals surface area (Å²) >= 11 is 0. The maximum Gasteiger partial charge on any atom is 0.255 e. The lowest BCUT2D eigenvalue weighted by Gasteiger charge is -2.16. The summed E-state index contributed by atoms with van der Waals surface area (Å²) in [7, 11) is -3.62. The molecule has 0 fully saturated rings. The van der Waals surface area contributed by atoms with Gasteiger partial charge in [-0.25, -0.2) is 8.42 Å². The molecule has 0 amide bonds. The van der Waals surface area contributed by atoms with Crippen LogP contribution in [0.4, 0.5) is 0 Å². The van der Waals surface area contributed by atoms with E-state index in [1.54, 1.807) is 30.6 Å². The molecule has 0 saturated heterocycles. The molecule has 0 aliphatic heterocycles. The fraction of sp³-hybridized carbons (Fsp3) is 0.154. The van der Waals surface area contributed by atoms with Gasteiger partial charge in [0.2, 0.25) is 0 Å². The molecule has 0 aliphatic rings. The Labute approximate surface area is 112 Å². The number of aromatic nitrogens is 1. The Bertz CT molecular complexity index is 615. The topological polar surface area (TPSA) is 76.3 Å². The molecule has 2 aromatic rings. The quantitative estimate of drug-likeness (QED) is 0.658. The molecule has 1 aromatic carbocycles. The predicted octanol–water partition coefficient (Wildman–Crippen LogP) is 1.19. The summed E-state index contributed by atoms with van der Waals surface area (Å²) in [5.41, 5.74) is 0.946. The zero-order chi connectivity index (χ0) is 13.7. The van der Waals surface area contributed by atoms with Crippen LogP contribution in [-0.4, -0.2) is 24.4 Å². The van der Waals surface area contributed by atoms with Crippen LogP contribution in [-0.2, 0) is 16.4 Å². The van der Waals surface area contributed by atoms with Crippen molar-refractivity contribution in [2.45, 2.75) is 11.3 Å². The van der Waals surface area contributed by atoms with E-state index in [9.17, 15) is 8.42 Å². The van der Waals surface area contributed by atoms with E-state index in [2.05, 4.69) is 4.98 Å². The maximum absolute atomic E-state index is 12.1. The molecular formula is C13H15N3O2S. The molecule has 0 saturated carbocycles. The van der Waals surface area contributed by atoms with Crippen LogP contribution < -0.4 is 5.84 Å². The third-order valence-corrected chi connectivity index (χ3v) is 4.36. The molecule has 5 nitrogen and oxygen atoms in total. The lowest BCUT2D eigenvalue weighted by Crippen LogP contribution is -2.38. The highest BCUT2D eigenvalue weighted by molar-refractivity contribution is 7.89. The van der Waals surface area contributed by atoms with E-state index in [1.165, 1.54) is 12.1 Å². The molecule has 19 heavy (non-hydrogen) atoms. The van der Waals surface area contributed by atoms with E-state index >= 15 is 0 Å². The van der Waals surface area contributed by atoms with Gasteiger partial charge in [0.25, 0.3) is 10.0 Å². The van der Waals surface area contributed by atoms with Gasteiger partial charge in [0.1, 0.15) is 0 Å². The van der Waals surface area contributed by atoms with Crippen molar-refractivity contribution in [3.63, 3.8) is 0 Å². The molecule has 2 rings (SSSR count). The number of benzene rings is 1. The SMILES string of the molecule is NN(CCc1cccnc1)S(=O)(=O)c1ccccc1. The number of hydrogen-bond donors (Lipinski definition) is 1. The molecule has 2 N–H and O–H groups in total. The number of hydrazine groups is 1. The summed E-state index contributed by atoms with van der Waals surface area (Å²) in [4.78, 5) is 4.17. The third-order valence-electron chi connectivity index (χ3n) is 2.69. The predicted molar refractivity (Wildman–Crippen MR) is 72.5 cm³/mol. The van der Waals surface area contributed by atoms with E-state index in [-0.39, 0.29) is 11.4 Å². The molecule has 0 aliphatic carbocycles. The van der Waals surface area contributed by atoms with Crippen molar-refractivity contribution in [2.75, 3.05) is 6.54 Å². The smallest absolute Gasteiger partial charge is 0.255 e. The zero-order valence-electron chi connectivity index (χ0n) is 10.3. The van der Waals surface area contributed by atoms with E-state index in [4.69, 9.17) is 5.84 Å². The van der Waals surface area contributed by atoms with Crippen molar-refractivity contribution >= 4 is 10.0 Å². The summed E-state index contributed by atoms with van der Waals surface area (Å²) in [6, 6.07) is 11.8. The summed E-state index contributed by atoms with van der Waals surface area (Å²) in [5, 5.41) is 0. The second kappa shape index (κ2) is 5.92. The number of rotatable bonds is 5. The average Bonchev–Trinajstić information content (AvgIpc) is 2.46. The van der Waals surface area contributed by atoms with Crippen molar-refractivity contribution in [3.05, 3.63) is 60.4 Å². The first-order chi connectivity index (χ1) is 9.10. The Morgan fingerprint density at radius 3 is 2.47 bits per heavy atom. The number of sulfonamides is 1. The lowest BCUT2D eigenvalue weighted by atomic mass is 10.2. The number of pyridine rings is 1. The first-order valence-corrected chi connectivity index (χ1v) is 7.26. The molecule has 0 spiro atoms. The van der Waals surface area contributed by atoms with E-state index in [1.807, 2.05) is 12.1 Å². The van der Waals surface area contributed by atoms with Crippen LogP contribution in [0.2, 0.25) is 0 Å². The van der Waals surface area contributed by atoms with Crippen molar-refractivity contribution < 1.29 is 8.42 Å². The zero-order valence-corrected chi connectivity index (χ0v) is 11.1. The number of hydrogen-bond acceptors (Lipinski definition) is 4. The molecule has 0 atom stereocenters. The van der Waals surface area contributed by atoms with Crippen molar-refractivity contribution in [2.24, 2.45) is 5.84 Å². The average molecular weight is 277 g/mol. The van der Waals surface area contributed by atoms with Crippen molar-refractivity contribution in [1.82, 2.24) is 9.40 Å². The Morgan fingerprint density at radius 1 is 1.11 bits per heavy atom. The van der Waals surface area contributed by atoms with E-state index in [0.717, 1.165) is 9.98 Å². The van der Waals surface area contributed by atoms with Crippen molar-refractivity contribution in [3.8, 4) is 0 Å². The first kappa shape index (κ1) is 13.7. The van der Waals surface area contributed by atoms with Crippen LogP contribution in [0.5, 0.6) is 0 Å². The molecule has 6 heteroatoms. The van der Waals surface area contributed by atoms with Gasteiger partial charge in [0.15, 0.2) is 0 Å². The normalized spacial score (nSPS) is 11.7. The number of nitrogens with zero attached hydrogens (tertiary/aromatic N) is 2. The molecular weight excluding hydrogens is 262 g/mol. The lowest BCUT2D eigenvalue weighted by molar-refractivity contribution is 0.429. The molecule has 100 valence electrons.